The van der Waals surface area contributed by atoms with Gasteiger partial charge in [0, 0.05) is 18.7 Å². The number of nitrogens with zero attached hydrogens (tertiary/aromatic N) is 1. The first-order valence-corrected chi connectivity index (χ1v) is 7.17. The molecule has 0 aliphatic carbocycles. The number of carbonyl (C=O) groups excluding carboxylic acids is 1. The molecule has 0 saturated carbocycles. The van der Waals surface area contributed by atoms with Crippen LogP contribution in [0.25, 0.3) is 0 Å². The van der Waals surface area contributed by atoms with Gasteiger partial charge in [-0.3, -0.25) is 4.79 Å². The zero-order valence-electron chi connectivity index (χ0n) is 12.1. The van der Waals surface area contributed by atoms with E-state index in [0.717, 1.165) is 41.4 Å². The molecular formula is C16H19N3O2. The van der Waals surface area contributed by atoms with Gasteiger partial charge in [0.25, 0.3) is 0 Å². The fourth-order valence-corrected chi connectivity index (χ4v) is 2.67. The van der Waals surface area contributed by atoms with Crippen molar-refractivity contribution in [2.75, 3.05) is 22.5 Å². The van der Waals surface area contributed by atoms with Crippen molar-refractivity contribution >= 4 is 23.0 Å². The molecule has 2 aromatic rings. The van der Waals surface area contributed by atoms with Crippen molar-refractivity contribution in [3.63, 3.8) is 0 Å². The summed E-state index contributed by atoms with van der Waals surface area (Å²) in [6, 6.07) is 7.75. The standard InChI is InChI=1S/C16H19N3O2/c1-2-19(10-12-4-3-7-21-12)15-9-14-11(8-13(15)17)5-6-16(20)18-14/h3-4,7-9H,2,5-6,10,17H2,1H3,(H,18,20). The van der Waals surface area contributed by atoms with E-state index in [1.165, 1.54) is 0 Å². The number of hydrogen-bond acceptors (Lipinski definition) is 4. The van der Waals surface area contributed by atoms with Crippen LogP contribution in [0.3, 0.4) is 0 Å². The second kappa shape index (κ2) is 5.52. The summed E-state index contributed by atoms with van der Waals surface area (Å²) in [5.74, 6) is 0.949. The van der Waals surface area contributed by atoms with Crippen molar-refractivity contribution in [2.24, 2.45) is 0 Å². The summed E-state index contributed by atoms with van der Waals surface area (Å²) in [5, 5.41) is 2.92. The first kappa shape index (κ1) is 13.5. The minimum absolute atomic E-state index is 0.0623. The Balaban J connectivity index is 1.92. The van der Waals surface area contributed by atoms with Gasteiger partial charge in [0.2, 0.25) is 5.91 Å². The van der Waals surface area contributed by atoms with Crippen LogP contribution in [0.4, 0.5) is 17.1 Å². The molecule has 0 fully saturated rings. The van der Waals surface area contributed by atoms with E-state index in [1.807, 2.05) is 24.3 Å². The van der Waals surface area contributed by atoms with Crippen molar-refractivity contribution in [2.45, 2.75) is 26.3 Å². The van der Waals surface area contributed by atoms with Crippen LogP contribution in [0.5, 0.6) is 0 Å². The summed E-state index contributed by atoms with van der Waals surface area (Å²) in [5.41, 5.74) is 9.83. The molecule has 0 saturated heterocycles. The third kappa shape index (κ3) is 2.72. The Morgan fingerprint density at radius 1 is 1.38 bits per heavy atom. The highest BCUT2D eigenvalue weighted by Crippen LogP contribution is 2.34. The number of hydrogen-bond donors (Lipinski definition) is 2. The van der Waals surface area contributed by atoms with Gasteiger partial charge >= 0.3 is 0 Å². The summed E-state index contributed by atoms with van der Waals surface area (Å²) < 4.78 is 5.40. The lowest BCUT2D eigenvalue weighted by molar-refractivity contribution is -0.116. The molecule has 110 valence electrons. The summed E-state index contributed by atoms with van der Waals surface area (Å²) >= 11 is 0. The predicted molar refractivity (Wildman–Crippen MR) is 83.2 cm³/mol. The van der Waals surface area contributed by atoms with Gasteiger partial charge in [-0.05, 0) is 43.2 Å². The van der Waals surface area contributed by atoms with Crippen molar-refractivity contribution < 1.29 is 9.21 Å². The molecule has 1 aliphatic rings. The molecule has 21 heavy (non-hydrogen) atoms. The number of benzene rings is 1. The third-order valence-corrected chi connectivity index (χ3v) is 3.80. The number of nitrogen functional groups attached to an aromatic ring is 1. The molecule has 1 aromatic carbocycles. The van der Waals surface area contributed by atoms with Crippen LogP contribution in [-0.4, -0.2) is 12.5 Å². The molecule has 0 spiro atoms. The molecule has 3 N–H and O–H groups in total. The van der Waals surface area contributed by atoms with Gasteiger partial charge in [0.1, 0.15) is 5.76 Å². The fraction of sp³-hybridized carbons (Fsp3) is 0.312. The SMILES string of the molecule is CCN(Cc1ccco1)c1cc2c(cc1N)CCC(=O)N2. The Bertz CT molecular complexity index is 650. The monoisotopic (exact) mass is 285 g/mol. The Hall–Kier alpha value is -2.43. The molecule has 1 aliphatic heterocycles. The molecule has 5 heteroatoms. The van der Waals surface area contributed by atoms with E-state index >= 15 is 0 Å². The van der Waals surface area contributed by atoms with Crippen LogP contribution in [0.2, 0.25) is 0 Å². The molecule has 0 radical (unpaired) electrons. The van der Waals surface area contributed by atoms with Crippen molar-refractivity contribution in [1.29, 1.82) is 0 Å². The molecule has 5 nitrogen and oxygen atoms in total. The van der Waals surface area contributed by atoms with Crippen LogP contribution in [0.1, 0.15) is 24.7 Å². The van der Waals surface area contributed by atoms with Gasteiger partial charge in [0.15, 0.2) is 0 Å². The Kier molecular flexibility index (Phi) is 3.56. The van der Waals surface area contributed by atoms with Crippen LogP contribution >= 0.6 is 0 Å². The smallest absolute Gasteiger partial charge is 0.224 e. The second-order valence-corrected chi connectivity index (χ2v) is 5.21. The molecule has 2 heterocycles. The number of nitrogens with two attached hydrogens (primary N) is 1. The second-order valence-electron chi connectivity index (χ2n) is 5.21. The molecule has 0 bridgehead atoms. The van der Waals surface area contributed by atoms with Crippen LogP contribution in [0.15, 0.2) is 34.9 Å². The summed E-state index contributed by atoms with van der Waals surface area (Å²) in [4.78, 5) is 13.7. The normalized spacial score (nSPS) is 13.7. The Morgan fingerprint density at radius 2 is 2.24 bits per heavy atom. The zero-order valence-corrected chi connectivity index (χ0v) is 12.1. The lowest BCUT2D eigenvalue weighted by Gasteiger charge is -2.26. The topological polar surface area (TPSA) is 71.5 Å². The number of anilines is 3. The van der Waals surface area contributed by atoms with Crippen LogP contribution in [-0.2, 0) is 17.8 Å². The minimum atomic E-state index is 0.0623. The first-order valence-electron chi connectivity index (χ1n) is 7.17. The number of aryl methyl sites for hydroxylation is 1. The molecule has 3 rings (SSSR count). The Labute approximate surface area is 123 Å². The maximum Gasteiger partial charge on any atom is 0.224 e. The molecular weight excluding hydrogens is 266 g/mol. The Morgan fingerprint density at radius 3 is 2.95 bits per heavy atom. The van der Waals surface area contributed by atoms with Crippen LogP contribution in [0, 0.1) is 0 Å². The fourth-order valence-electron chi connectivity index (χ4n) is 2.67. The maximum atomic E-state index is 11.5. The van der Waals surface area contributed by atoms with Crippen molar-refractivity contribution in [3.8, 4) is 0 Å². The molecule has 1 amide bonds. The third-order valence-electron chi connectivity index (χ3n) is 3.80. The lowest BCUT2D eigenvalue weighted by Crippen LogP contribution is -2.25. The quantitative estimate of drug-likeness (QED) is 0.847. The number of rotatable bonds is 4. The summed E-state index contributed by atoms with van der Waals surface area (Å²) in [6.45, 7) is 3.53. The van der Waals surface area contributed by atoms with Crippen LogP contribution < -0.4 is 16.0 Å². The zero-order chi connectivity index (χ0) is 14.8. The molecule has 1 aromatic heterocycles. The molecule has 0 atom stereocenters. The first-order chi connectivity index (χ1) is 10.2. The summed E-state index contributed by atoms with van der Waals surface area (Å²) in [7, 11) is 0. The van der Waals surface area contributed by atoms with Gasteiger partial charge in [-0.2, -0.15) is 0 Å². The number of nitrogens with one attached hydrogen (secondary N) is 1. The van der Waals surface area contributed by atoms with E-state index in [9.17, 15) is 4.79 Å². The van der Waals surface area contributed by atoms with Crippen molar-refractivity contribution in [1.82, 2.24) is 0 Å². The van der Waals surface area contributed by atoms with Gasteiger partial charge < -0.3 is 20.4 Å². The average Bonchev–Trinajstić information content (AvgIpc) is 2.98. The summed E-state index contributed by atoms with van der Waals surface area (Å²) in [6.07, 6.45) is 2.94. The van der Waals surface area contributed by atoms with Crippen molar-refractivity contribution in [3.05, 3.63) is 41.9 Å². The van der Waals surface area contributed by atoms with Gasteiger partial charge in [-0.15, -0.1) is 0 Å². The maximum absolute atomic E-state index is 11.5. The van der Waals surface area contributed by atoms with E-state index in [4.69, 9.17) is 10.2 Å². The largest absolute Gasteiger partial charge is 0.467 e. The minimum Gasteiger partial charge on any atom is -0.467 e. The molecule has 0 unspecified atom stereocenters. The van der Waals surface area contributed by atoms with E-state index in [0.29, 0.717) is 13.0 Å². The highest BCUT2D eigenvalue weighted by atomic mass is 16.3. The average molecular weight is 285 g/mol. The number of fused-ring (bicyclic) bond motifs is 1. The van der Waals surface area contributed by atoms with E-state index in [-0.39, 0.29) is 5.91 Å². The van der Waals surface area contributed by atoms with Gasteiger partial charge in [-0.25, -0.2) is 0 Å². The number of amides is 1. The van der Waals surface area contributed by atoms with E-state index in [2.05, 4.69) is 17.1 Å². The van der Waals surface area contributed by atoms with Gasteiger partial charge in [0.05, 0.1) is 24.2 Å². The van der Waals surface area contributed by atoms with E-state index in [1.54, 1.807) is 6.26 Å². The number of furan rings is 1. The highest BCUT2D eigenvalue weighted by molar-refractivity contribution is 5.95. The highest BCUT2D eigenvalue weighted by Gasteiger charge is 2.19. The van der Waals surface area contributed by atoms with E-state index < -0.39 is 0 Å². The number of carbonyl (C=O) groups is 1. The lowest BCUT2D eigenvalue weighted by atomic mass is 10.0. The van der Waals surface area contributed by atoms with Gasteiger partial charge in [-0.1, -0.05) is 0 Å². The predicted octanol–water partition coefficient (Wildman–Crippen LogP) is 2.77.